The van der Waals surface area contributed by atoms with Gasteiger partial charge in [-0.15, -0.1) is 0 Å². The van der Waals surface area contributed by atoms with Gasteiger partial charge in [-0.05, 0) is 55.1 Å². The van der Waals surface area contributed by atoms with E-state index in [1.165, 1.54) is 12.8 Å². The lowest BCUT2D eigenvalue weighted by Gasteiger charge is -2.42. The van der Waals surface area contributed by atoms with Gasteiger partial charge in [0.1, 0.15) is 17.0 Å². The van der Waals surface area contributed by atoms with E-state index in [0.29, 0.717) is 53.9 Å². The van der Waals surface area contributed by atoms with Crippen LogP contribution < -0.4 is 5.32 Å². The molecule has 2 amide bonds. The Hall–Kier alpha value is -2.41. The summed E-state index contributed by atoms with van der Waals surface area (Å²) in [5.74, 6) is 0.834. The predicted octanol–water partition coefficient (Wildman–Crippen LogP) is 3.78. The fourth-order valence-electron chi connectivity index (χ4n) is 5.28. The highest BCUT2D eigenvalue weighted by Gasteiger charge is 2.35. The van der Waals surface area contributed by atoms with E-state index in [9.17, 15) is 9.59 Å². The molecule has 32 heavy (non-hydrogen) atoms. The third-order valence-electron chi connectivity index (χ3n) is 7.87. The molecule has 4 rings (SSSR count). The molecule has 7 heteroatoms. The van der Waals surface area contributed by atoms with Crippen molar-refractivity contribution in [2.24, 2.45) is 17.3 Å². The zero-order chi connectivity index (χ0) is 22.9. The summed E-state index contributed by atoms with van der Waals surface area (Å²) in [6.45, 7) is 8.96. The Morgan fingerprint density at radius 3 is 2.69 bits per heavy atom. The molecular weight excluding hydrogens is 404 g/mol. The second-order valence-electron chi connectivity index (χ2n) is 10.1. The molecule has 1 saturated heterocycles. The number of carbonyl (C=O) groups excluding carboxylic acids is 2. The maximum atomic E-state index is 13.1. The van der Waals surface area contributed by atoms with Crippen molar-refractivity contribution in [1.29, 1.82) is 0 Å². The second kappa shape index (κ2) is 9.22. The molecule has 1 aliphatic heterocycles. The third kappa shape index (κ3) is 4.53. The molecule has 2 aromatic rings. The molecule has 0 bridgehead atoms. The van der Waals surface area contributed by atoms with Crippen LogP contribution in [-0.4, -0.2) is 58.9 Å². The number of imidazole rings is 1. The molecule has 2 atom stereocenters. The van der Waals surface area contributed by atoms with E-state index in [1.54, 1.807) is 23.8 Å². The summed E-state index contributed by atoms with van der Waals surface area (Å²) in [5, 5.41) is 3.15. The number of methoxy groups -OCH3 is 1. The van der Waals surface area contributed by atoms with Gasteiger partial charge in [-0.25, -0.2) is 4.98 Å². The fourth-order valence-corrected chi connectivity index (χ4v) is 5.28. The Bertz CT molecular complexity index is 975. The highest BCUT2D eigenvalue weighted by molar-refractivity contribution is 5.95. The minimum atomic E-state index is -0.122. The maximum absolute atomic E-state index is 13.1. The Morgan fingerprint density at radius 1 is 1.22 bits per heavy atom. The van der Waals surface area contributed by atoms with Gasteiger partial charge in [0.25, 0.3) is 11.8 Å². The molecule has 0 aromatic carbocycles. The molecule has 0 spiro atoms. The number of rotatable bonds is 5. The lowest BCUT2D eigenvalue weighted by Crippen LogP contribution is -2.40. The molecule has 2 aromatic heterocycles. The number of nitrogens with one attached hydrogen (secondary N) is 1. The van der Waals surface area contributed by atoms with Gasteiger partial charge in [-0.1, -0.05) is 33.3 Å². The quantitative estimate of drug-likeness (QED) is 0.768. The smallest absolute Gasteiger partial charge is 0.274 e. The Labute approximate surface area is 190 Å². The molecule has 1 N–H and O–H groups in total. The average molecular weight is 441 g/mol. The second-order valence-corrected chi connectivity index (χ2v) is 10.1. The van der Waals surface area contributed by atoms with E-state index in [1.807, 2.05) is 17.0 Å². The lowest BCUT2D eigenvalue weighted by molar-refractivity contribution is 0.0348. The number of carbonyl (C=O) groups is 2. The van der Waals surface area contributed by atoms with Crippen molar-refractivity contribution in [3.63, 3.8) is 0 Å². The molecule has 7 nitrogen and oxygen atoms in total. The SMILES string of the molecule is COC1CCN(C(=O)c2cn3c(C(=O)NCC4CCCC(C)(C)C4C)cccc3n2)CC1. The van der Waals surface area contributed by atoms with Gasteiger partial charge in [-0.2, -0.15) is 0 Å². The van der Waals surface area contributed by atoms with Gasteiger partial charge in [0.2, 0.25) is 0 Å². The topological polar surface area (TPSA) is 75.9 Å². The normalized spacial score (nSPS) is 23.9. The van der Waals surface area contributed by atoms with Crippen molar-refractivity contribution in [3.05, 3.63) is 35.8 Å². The molecule has 2 aliphatic rings. The van der Waals surface area contributed by atoms with Crippen molar-refractivity contribution in [3.8, 4) is 0 Å². The molecular formula is C25H36N4O3. The van der Waals surface area contributed by atoms with Crippen LogP contribution in [0, 0.1) is 17.3 Å². The fraction of sp³-hybridized carbons (Fsp3) is 0.640. The van der Waals surface area contributed by atoms with Gasteiger partial charge in [-0.3, -0.25) is 14.0 Å². The molecule has 1 saturated carbocycles. The van der Waals surface area contributed by atoms with Crippen molar-refractivity contribution < 1.29 is 14.3 Å². The average Bonchev–Trinajstić information content (AvgIpc) is 3.24. The van der Waals surface area contributed by atoms with Crippen LogP contribution in [0.2, 0.25) is 0 Å². The minimum Gasteiger partial charge on any atom is -0.381 e. The van der Waals surface area contributed by atoms with Gasteiger partial charge < -0.3 is 15.0 Å². The number of piperidine rings is 1. The Balaban J connectivity index is 1.46. The molecule has 3 heterocycles. The number of ether oxygens (including phenoxy) is 1. The van der Waals surface area contributed by atoms with Crippen LogP contribution in [0.4, 0.5) is 0 Å². The van der Waals surface area contributed by atoms with Gasteiger partial charge in [0.05, 0.1) is 6.10 Å². The monoisotopic (exact) mass is 440 g/mol. The Morgan fingerprint density at radius 2 is 1.97 bits per heavy atom. The molecule has 2 fully saturated rings. The molecule has 1 aliphatic carbocycles. The summed E-state index contributed by atoms with van der Waals surface area (Å²) in [5.41, 5.74) is 1.81. The van der Waals surface area contributed by atoms with E-state index in [0.717, 1.165) is 19.3 Å². The number of likely N-dealkylation sites (tertiary alicyclic amines) is 1. The first-order valence-electron chi connectivity index (χ1n) is 11.9. The van der Waals surface area contributed by atoms with E-state index >= 15 is 0 Å². The van der Waals surface area contributed by atoms with Crippen molar-refractivity contribution in [2.75, 3.05) is 26.7 Å². The third-order valence-corrected chi connectivity index (χ3v) is 7.87. The first-order chi connectivity index (χ1) is 15.3. The van der Waals surface area contributed by atoms with E-state index < -0.39 is 0 Å². The number of amides is 2. The molecule has 2 unspecified atom stereocenters. The Kier molecular flexibility index (Phi) is 6.56. The van der Waals surface area contributed by atoms with Gasteiger partial charge in [0, 0.05) is 32.9 Å². The minimum absolute atomic E-state index is 0.0899. The summed E-state index contributed by atoms with van der Waals surface area (Å²) in [7, 11) is 1.71. The molecule has 0 radical (unpaired) electrons. The van der Waals surface area contributed by atoms with Crippen LogP contribution in [-0.2, 0) is 4.74 Å². The van der Waals surface area contributed by atoms with Crippen molar-refractivity contribution in [2.45, 2.75) is 59.0 Å². The zero-order valence-electron chi connectivity index (χ0n) is 19.8. The van der Waals surface area contributed by atoms with Crippen LogP contribution in [0.15, 0.2) is 24.4 Å². The standard InChI is InChI=1S/C25H36N4O3/c1-17-18(7-6-12-25(17,2)3)15-26-23(30)21-8-5-9-22-27-20(16-29(21)22)24(31)28-13-10-19(32-4)11-14-28/h5,8-9,16-19H,6-7,10-15H2,1-4H3,(H,26,30). The highest BCUT2D eigenvalue weighted by Crippen LogP contribution is 2.43. The van der Waals surface area contributed by atoms with Crippen LogP contribution >= 0.6 is 0 Å². The summed E-state index contributed by atoms with van der Waals surface area (Å²) < 4.78 is 7.13. The van der Waals surface area contributed by atoms with E-state index in [2.05, 4.69) is 31.1 Å². The number of fused-ring (bicyclic) bond motifs is 1. The summed E-state index contributed by atoms with van der Waals surface area (Å²) in [6.07, 6.45) is 7.18. The van der Waals surface area contributed by atoms with E-state index in [-0.39, 0.29) is 17.9 Å². The lowest BCUT2D eigenvalue weighted by atomic mass is 9.64. The largest absolute Gasteiger partial charge is 0.381 e. The van der Waals surface area contributed by atoms with Crippen molar-refractivity contribution >= 4 is 17.5 Å². The van der Waals surface area contributed by atoms with E-state index in [4.69, 9.17) is 4.74 Å². The van der Waals surface area contributed by atoms with Gasteiger partial charge in [0.15, 0.2) is 0 Å². The van der Waals surface area contributed by atoms with Crippen LogP contribution in [0.1, 0.15) is 73.9 Å². The van der Waals surface area contributed by atoms with Crippen molar-refractivity contribution in [1.82, 2.24) is 19.6 Å². The summed E-state index contributed by atoms with van der Waals surface area (Å²) >= 11 is 0. The first kappa shape index (κ1) is 22.8. The first-order valence-corrected chi connectivity index (χ1v) is 11.9. The highest BCUT2D eigenvalue weighted by atomic mass is 16.5. The zero-order valence-corrected chi connectivity index (χ0v) is 19.8. The number of hydrogen-bond acceptors (Lipinski definition) is 4. The van der Waals surface area contributed by atoms with Gasteiger partial charge >= 0.3 is 0 Å². The summed E-state index contributed by atoms with van der Waals surface area (Å²) in [6, 6.07) is 5.44. The number of hydrogen-bond donors (Lipinski definition) is 1. The number of nitrogens with zero attached hydrogens (tertiary/aromatic N) is 3. The molecule has 174 valence electrons. The van der Waals surface area contributed by atoms with Crippen LogP contribution in [0.25, 0.3) is 5.65 Å². The van der Waals surface area contributed by atoms with Crippen LogP contribution in [0.3, 0.4) is 0 Å². The van der Waals surface area contributed by atoms with Crippen LogP contribution in [0.5, 0.6) is 0 Å². The predicted molar refractivity (Wildman–Crippen MR) is 124 cm³/mol. The number of aromatic nitrogens is 2. The summed E-state index contributed by atoms with van der Waals surface area (Å²) in [4.78, 5) is 32.4. The maximum Gasteiger partial charge on any atom is 0.274 e. The number of pyridine rings is 1.